The standard InChI is InChI=1S/C4H5N3O3/c1-9-4(8)2-3(5)7-10-6-2/h1H3,(H2,5,7). The third-order valence-electron chi connectivity index (χ3n) is 0.893. The van der Waals surface area contributed by atoms with Crippen LogP contribution in [-0.4, -0.2) is 23.4 Å². The number of hydrogen-bond acceptors (Lipinski definition) is 6. The van der Waals surface area contributed by atoms with E-state index >= 15 is 0 Å². The first-order valence-corrected chi connectivity index (χ1v) is 2.42. The van der Waals surface area contributed by atoms with Crippen molar-refractivity contribution in [3.63, 3.8) is 0 Å². The molecule has 54 valence electrons. The molecule has 6 heteroatoms. The van der Waals surface area contributed by atoms with Gasteiger partial charge in [-0.3, -0.25) is 0 Å². The molecule has 0 fully saturated rings. The Morgan fingerprint density at radius 1 is 1.70 bits per heavy atom. The van der Waals surface area contributed by atoms with E-state index in [1.54, 1.807) is 0 Å². The van der Waals surface area contributed by atoms with Crippen LogP contribution in [0.15, 0.2) is 4.63 Å². The number of ether oxygens (including phenoxy) is 1. The van der Waals surface area contributed by atoms with E-state index in [1.807, 2.05) is 0 Å². The lowest BCUT2D eigenvalue weighted by molar-refractivity contribution is 0.0589. The third kappa shape index (κ3) is 0.903. The fourth-order valence-corrected chi connectivity index (χ4v) is 0.434. The molecule has 0 unspecified atom stereocenters. The molecule has 0 amide bonds. The Bertz CT molecular complexity index is 244. The van der Waals surface area contributed by atoms with E-state index in [0.717, 1.165) is 0 Å². The largest absolute Gasteiger partial charge is 0.464 e. The van der Waals surface area contributed by atoms with Crippen molar-refractivity contribution in [3.05, 3.63) is 5.69 Å². The van der Waals surface area contributed by atoms with Crippen molar-refractivity contribution in [3.8, 4) is 0 Å². The quantitative estimate of drug-likeness (QED) is 0.529. The minimum Gasteiger partial charge on any atom is -0.464 e. The highest BCUT2D eigenvalue weighted by Gasteiger charge is 2.15. The van der Waals surface area contributed by atoms with Crippen molar-refractivity contribution in [1.82, 2.24) is 10.3 Å². The summed E-state index contributed by atoms with van der Waals surface area (Å²) >= 11 is 0. The van der Waals surface area contributed by atoms with Crippen molar-refractivity contribution >= 4 is 11.8 Å². The molecular weight excluding hydrogens is 138 g/mol. The van der Waals surface area contributed by atoms with Crippen LogP contribution in [0.5, 0.6) is 0 Å². The van der Waals surface area contributed by atoms with Gasteiger partial charge in [-0.05, 0) is 10.3 Å². The first-order valence-electron chi connectivity index (χ1n) is 2.42. The van der Waals surface area contributed by atoms with Gasteiger partial charge in [0.1, 0.15) is 0 Å². The number of rotatable bonds is 1. The predicted octanol–water partition coefficient (Wildman–Crippen LogP) is -0.562. The van der Waals surface area contributed by atoms with E-state index in [-0.39, 0.29) is 11.5 Å². The number of esters is 1. The molecule has 1 aromatic rings. The smallest absolute Gasteiger partial charge is 0.364 e. The number of anilines is 1. The SMILES string of the molecule is COC(=O)c1nonc1N. The summed E-state index contributed by atoms with van der Waals surface area (Å²) in [6.07, 6.45) is 0. The van der Waals surface area contributed by atoms with Crippen molar-refractivity contribution in [1.29, 1.82) is 0 Å². The molecule has 6 nitrogen and oxygen atoms in total. The third-order valence-corrected chi connectivity index (χ3v) is 0.893. The highest BCUT2D eigenvalue weighted by atomic mass is 16.6. The maximum atomic E-state index is 10.6. The number of nitrogens with zero attached hydrogens (tertiary/aromatic N) is 2. The molecule has 0 aromatic carbocycles. The molecule has 0 saturated heterocycles. The summed E-state index contributed by atoms with van der Waals surface area (Å²) < 4.78 is 8.44. The second kappa shape index (κ2) is 2.34. The molecule has 10 heavy (non-hydrogen) atoms. The van der Waals surface area contributed by atoms with Crippen molar-refractivity contribution in [2.24, 2.45) is 0 Å². The van der Waals surface area contributed by atoms with Gasteiger partial charge in [0.25, 0.3) is 0 Å². The van der Waals surface area contributed by atoms with Crippen LogP contribution in [0.4, 0.5) is 5.82 Å². The topological polar surface area (TPSA) is 91.2 Å². The summed E-state index contributed by atoms with van der Waals surface area (Å²) in [6.45, 7) is 0. The molecule has 0 spiro atoms. The molecule has 0 aliphatic carbocycles. The van der Waals surface area contributed by atoms with E-state index in [9.17, 15) is 4.79 Å². The van der Waals surface area contributed by atoms with Gasteiger partial charge in [0.2, 0.25) is 11.5 Å². The zero-order chi connectivity index (χ0) is 7.56. The average Bonchev–Trinajstić information content (AvgIpc) is 2.34. The molecule has 0 aliphatic heterocycles. The van der Waals surface area contributed by atoms with Crippen LogP contribution in [0.3, 0.4) is 0 Å². The number of methoxy groups -OCH3 is 1. The van der Waals surface area contributed by atoms with Gasteiger partial charge in [0.05, 0.1) is 7.11 Å². The molecule has 0 radical (unpaired) electrons. The van der Waals surface area contributed by atoms with Gasteiger partial charge in [-0.15, -0.1) is 0 Å². The van der Waals surface area contributed by atoms with E-state index in [0.29, 0.717) is 0 Å². The van der Waals surface area contributed by atoms with Gasteiger partial charge in [0.15, 0.2) is 0 Å². The van der Waals surface area contributed by atoms with Crippen LogP contribution in [0.2, 0.25) is 0 Å². The Hall–Kier alpha value is -1.59. The summed E-state index contributed by atoms with van der Waals surface area (Å²) in [5, 5.41) is 6.38. The summed E-state index contributed by atoms with van der Waals surface area (Å²) in [4.78, 5) is 10.6. The second-order valence-electron chi connectivity index (χ2n) is 1.49. The Balaban J connectivity index is 2.93. The van der Waals surface area contributed by atoms with Crippen LogP contribution in [0.25, 0.3) is 0 Å². The Kier molecular flexibility index (Phi) is 1.53. The highest BCUT2D eigenvalue weighted by Crippen LogP contribution is 2.04. The van der Waals surface area contributed by atoms with E-state index in [1.165, 1.54) is 7.11 Å². The Morgan fingerprint density at radius 2 is 2.40 bits per heavy atom. The van der Waals surface area contributed by atoms with Crippen LogP contribution in [0.1, 0.15) is 10.5 Å². The minimum absolute atomic E-state index is 0.0631. The normalized spacial score (nSPS) is 9.30. The molecule has 1 aromatic heterocycles. The van der Waals surface area contributed by atoms with E-state index in [4.69, 9.17) is 5.73 Å². The van der Waals surface area contributed by atoms with Gasteiger partial charge in [-0.2, -0.15) is 0 Å². The average molecular weight is 143 g/mol. The molecule has 0 atom stereocenters. The van der Waals surface area contributed by atoms with Crippen LogP contribution >= 0.6 is 0 Å². The van der Waals surface area contributed by atoms with Gasteiger partial charge in [-0.25, -0.2) is 9.42 Å². The minimum atomic E-state index is -0.654. The number of carbonyl (C=O) groups excluding carboxylic acids is 1. The lowest BCUT2D eigenvalue weighted by Gasteiger charge is -1.89. The summed E-state index contributed by atoms with van der Waals surface area (Å²) in [5.74, 6) is -0.717. The molecule has 2 N–H and O–H groups in total. The number of aromatic nitrogens is 2. The van der Waals surface area contributed by atoms with Crippen molar-refractivity contribution in [2.45, 2.75) is 0 Å². The number of hydrogen-bond donors (Lipinski definition) is 1. The maximum absolute atomic E-state index is 10.6. The van der Waals surface area contributed by atoms with Gasteiger partial charge in [0, 0.05) is 0 Å². The lowest BCUT2D eigenvalue weighted by Crippen LogP contribution is -2.04. The number of nitrogen functional groups attached to an aromatic ring is 1. The fraction of sp³-hybridized carbons (Fsp3) is 0.250. The molecule has 1 heterocycles. The van der Waals surface area contributed by atoms with Crippen molar-refractivity contribution in [2.75, 3.05) is 12.8 Å². The Labute approximate surface area is 55.9 Å². The lowest BCUT2D eigenvalue weighted by atomic mass is 10.4. The number of nitrogens with two attached hydrogens (primary N) is 1. The van der Waals surface area contributed by atoms with Crippen molar-refractivity contribution < 1.29 is 14.2 Å². The van der Waals surface area contributed by atoms with Gasteiger partial charge >= 0.3 is 5.97 Å². The molecule has 0 bridgehead atoms. The number of carbonyl (C=O) groups is 1. The van der Waals surface area contributed by atoms with Crippen LogP contribution in [0, 0.1) is 0 Å². The summed E-state index contributed by atoms with van der Waals surface area (Å²) in [5.41, 5.74) is 5.05. The van der Waals surface area contributed by atoms with E-state index < -0.39 is 5.97 Å². The fourth-order valence-electron chi connectivity index (χ4n) is 0.434. The monoisotopic (exact) mass is 143 g/mol. The predicted molar refractivity (Wildman–Crippen MR) is 30.0 cm³/mol. The summed E-state index contributed by atoms with van der Waals surface area (Å²) in [6, 6.07) is 0. The second-order valence-corrected chi connectivity index (χ2v) is 1.49. The summed E-state index contributed by atoms with van der Waals surface area (Å²) in [7, 11) is 1.22. The first-order chi connectivity index (χ1) is 4.75. The van der Waals surface area contributed by atoms with Crippen LogP contribution in [-0.2, 0) is 4.74 Å². The highest BCUT2D eigenvalue weighted by molar-refractivity contribution is 5.91. The van der Waals surface area contributed by atoms with Gasteiger partial charge in [-0.1, -0.05) is 0 Å². The zero-order valence-corrected chi connectivity index (χ0v) is 5.20. The molecule has 1 rings (SSSR count). The van der Waals surface area contributed by atoms with Gasteiger partial charge < -0.3 is 10.5 Å². The molecule has 0 aliphatic rings. The Morgan fingerprint density at radius 3 is 2.80 bits per heavy atom. The maximum Gasteiger partial charge on any atom is 0.364 e. The first kappa shape index (κ1) is 6.53. The molecule has 0 saturated carbocycles. The molecular formula is C4H5N3O3. The van der Waals surface area contributed by atoms with E-state index in [2.05, 4.69) is 19.7 Å². The van der Waals surface area contributed by atoms with Crippen LogP contribution < -0.4 is 5.73 Å². The zero-order valence-electron chi connectivity index (χ0n) is 5.20.